The van der Waals surface area contributed by atoms with Crippen molar-refractivity contribution >= 4 is 11.9 Å². The Hall–Kier alpha value is -2.38. The van der Waals surface area contributed by atoms with Crippen molar-refractivity contribution in [2.24, 2.45) is 4.99 Å². The average Bonchev–Trinajstić information content (AvgIpc) is 3.06. The number of amides is 1. The Kier molecular flexibility index (Phi) is 8.29. The molecule has 3 N–H and O–H groups in total. The van der Waals surface area contributed by atoms with E-state index in [1.165, 1.54) is 10.5 Å². The van der Waals surface area contributed by atoms with E-state index in [2.05, 4.69) is 39.2 Å². The summed E-state index contributed by atoms with van der Waals surface area (Å²) in [5, 5.41) is 15.9. The second-order valence-corrected chi connectivity index (χ2v) is 6.92. The van der Waals surface area contributed by atoms with Gasteiger partial charge in [0.1, 0.15) is 0 Å². The van der Waals surface area contributed by atoms with Crippen LogP contribution in [0.15, 0.2) is 41.9 Å². The Balaban J connectivity index is 2.02. The molecular weight excluding hydrogens is 342 g/mol. The third-order valence-electron chi connectivity index (χ3n) is 4.49. The number of likely N-dealkylation sites (N-methyl/N-ethyl adjacent to an activating group) is 1. The number of carbonyl (C=O) groups excluding carboxylic acids is 1. The van der Waals surface area contributed by atoms with E-state index in [0.717, 1.165) is 31.6 Å². The molecule has 0 radical (unpaired) electrons. The van der Waals surface area contributed by atoms with Crippen LogP contribution in [-0.2, 0) is 17.9 Å². The zero-order chi connectivity index (χ0) is 19.6. The van der Waals surface area contributed by atoms with Gasteiger partial charge in [-0.3, -0.25) is 9.69 Å². The van der Waals surface area contributed by atoms with Gasteiger partial charge >= 0.3 is 0 Å². The maximum absolute atomic E-state index is 11.8. The van der Waals surface area contributed by atoms with Crippen LogP contribution in [0.2, 0.25) is 0 Å². The van der Waals surface area contributed by atoms with Crippen molar-refractivity contribution < 1.29 is 9.90 Å². The minimum atomic E-state index is -0.219. The largest absolute Gasteiger partial charge is 0.392 e. The van der Waals surface area contributed by atoms with Gasteiger partial charge in [0.05, 0.1) is 19.2 Å². The number of β-amino-alcohol motifs (C(OH)–C–C–N with tert-alkyl or cyclic N) is 1. The standard InChI is InChI=1S/C20H31N5O2/c1-4-10-21-20(23-13-19(27)24(2)3)22-12-16-7-5-6-8-17(16)14-25-11-9-18(26)15-25/h4-8,18,26H,1,9-15H2,2-3H3,(H2,21,22,23). The van der Waals surface area contributed by atoms with E-state index < -0.39 is 0 Å². The van der Waals surface area contributed by atoms with Gasteiger partial charge < -0.3 is 20.6 Å². The fourth-order valence-electron chi connectivity index (χ4n) is 2.89. The van der Waals surface area contributed by atoms with Gasteiger partial charge in [-0.05, 0) is 17.5 Å². The number of hydrogen-bond donors (Lipinski definition) is 3. The van der Waals surface area contributed by atoms with Crippen molar-refractivity contribution in [3.8, 4) is 0 Å². The SMILES string of the molecule is C=CCNC(=NCc1ccccc1CN1CCC(O)C1)NCC(=O)N(C)C. The topological polar surface area (TPSA) is 80.2 Å². The molecule has 1 unspecified atom stereocenters. The molecule has 1 aliphatic heterocycles. The summed E-state index contributed by atoms with van der Waals surface area (Å²) in [5.74, 6) is 0.563. The summed E-state index contributed by atoms with van der Waals surface area (Å²) in [4.78, 5) is 20.2. The molecule has 27 heavy (non-hydrogen) atoms. The molecule has 1 aromatic rings. The molecule has 1 aromatic carbocycles. The first kappa shape index (κ1) is 20.9. The van der Waals surface area contributed by atoms with Crippen molar-refractivity contribution in [2.45, 2.75) is 25.6 Å². The highest BCUT2D eigenvalue weighted by atomic mass is 16.3. The smallest absolute Gasteiger partial charge is 0.241 e. The Labute approximate surface area is 161 Å². The van der Waals surface area contributed by atoms with Crippen LogP contribution in [0.1, 0.15) is 17.5 Å². The summed E-state index contributed by atoms with van der Waals surface area (Å²) in [5.41, 5.74) is 2.35. The lowest BCUT2D eigenvalue weighted by molar-refractivity contribution is -0.127. The Morgan fingerprint density at radius 3 is 2.74 bits per heavy atom. The number of nitrogens with one attached hydrogen (secondary N) is 2. The van der Waals surface area contributed by atoms with Gasteiger partial charge in [-0.1, -0.05) is 30.3 Å². The summed E-state index contributed by atoms with van der Waals surface area (Å²) >= 11 is 0. The van der Waals surface area contributed by atoms with E-state index in [1.54, 1.807) is 20.2 Å². The third-order valence-corrected chi connectivity index (χ3v) is 4.49. The highest BCUT2D eigenvalue weighted by Crippen LogP contribution is 2.17. The molecule has 1 heterocycles. The lowest BCUT2D eigenvalue weighted by Crippen LogP contribution is -2.43. The second kappa shape index (κ2) is 10.7. The fraction of sp³-hybridized carbons (Fsp3) is 0.500. The molecule has 1 atom stereocenters. The van der Waals surface area contributed by atoms with Gasteiger partial charge in [0.15, 0.2) is 5.96 Å². The van der Waals surface area contributed by atoms with Gasteiger partial charge in [0, 0.05) is 40.3 Å². The van der Waals surface area contributed by atoms with Crippen LogP contribution >= 0.6 is 0 Å². The number of rotatable bonds is 8. The van der Waals surface area contributed by atoms with Gasteiger partial charge in [0.25, 0.3) is 0 Å². The highest BCUT2D eigenvalue weighted by Gasteiger charge is 2.20. The van der Waals surface area contributed by atoms with Crippen LogP contribution < -0.4 is 10.6 Å². The maximum Gasteiger partial charge on any atom is 0.241 e. The quantitative estimate of drug-likeness (QED) is 0.353. The Bertz CT molecular complexity index is 660. The minimum Gasteiger partial charge on any atom is -0.392 e. The molecule has 0 spiro atoms. The van der Waals surface area contributed by atoms with E-state index in [9.17, 15) is 9.90 Å². The number of likely N-dealkylation sites (tertiary alicyclic amines) is 1. The average molecular weight is 374 g/mol. The van der Waals surface area contributed by atoms with Crippen LogP contribution in [-0.4, -0.2) is 73.2 Å². The highest BCUT2D eigenvalue weighted by molar-refractivity contribution is 5.86. The van der Waals surface area contributed by atoms with Crippen molar-refractivity contribution in [3.63, 3.8) is 0 Å². The summed E-state index contributed by atoms with van der Waals surface area (Å²) in [6.07, 6.45) is 2.36. The van der Waals surface area contributed by atoms with E-state index in [0.29, 0.717) is 19.0 Å². The summed E-state index contributed by atoms with van der Waals surface area (Å²) in [6.45, 7) is 7.41. The number of aliphatic hydroxyl groups excluding tert-OH is 1. The first-order valence-corrected chi connectivity index (χ1v) is 9.30. The van der Waals surface area contributed by atoms with Gasteiger partial charge in [-0.25, -0.2) is 4.99 Å². The van der Waals surface area contributed by atoms with Gasteiger partial charge in [-0.2, -0.15) is 0 Å². The van der Waals surface area contributed by atoms with Crippen LogP contribution in [0.5, 0.6) is 0 Å². The minimum absolute atomic E-state index is 0.0175. The third kappa shape index (κ3) is 7.03. The monoisotopic (exact) mass is 373 g/mol. The normalized spacial score (nSPS) is 17.6. The lowest BCUT2D eigenvalue weighted by atomic mass is 10.1. The second-order valence-electron chi connectivity index (χ2n) is 6.92. The van der Waals surface area contributed by atoms with Crippen LogP contribution in [0.4, 0.5) is 0 Å². The number of aliphatic hydroxyl groups is 1. The number of aliphatic imine (C=N–C) groups is 1. The number of carbonyl (C=O) groups is 1. The van der Waals surface area contributed by atoms with E-state index in [4.69, 9.17) is 0 Å². The van der Waals surface area contributed by atoms with Crippen molar-refractivity contribution in [1.82, 2.24) is 20.4 Å². The molecule has 2 rings (SSSR count). The number of benzene rings is 1. The van der Waals surface area contributed by atoms with Crippen molar-refractivity contribution in [2.75, 3.05) is 40.3 Å². The molecule has 0 bridgehead atoms. The molecular formula is C20H31N5O2. The molecule has 0 saturated carbocycles. The fourth-order valence-corrected chi connectivity index (χ4v) is 2.89. The van der Waals surface area contributed by atoms with Gasteiger partial charge in [0.2, 0.25) is 5.91 Å². The van der Waals surface area contributed by atoms with Crippen LogP contribution in [0.3, 0.4) is 0 Å². The van der Waals surface area contributed by atoms with E-state index in [1.807, 2.05) is 12.1 Å². The molecule has 7 heteroatoms. The molecule has 1 saturated heterocycles. The van der Waals surface area contributed by atoms with E-state index in [-0.39, 0.29) is 18.6 Å². The molecule has 0 aliphatic carbocycles. The zero-order valence-electron chi connectivity index (χ0n) is 16.3. The number of guanidine groups is 1. The maximum atomic E-state index is 11.8. The molecule has 7 nitrogen and oxygen atoms in total. The van der Waals surface area contributed by atoms with Crippen LogP contribution in [0.25, 0.3) is 0 Å². The van der Waals surface area contributed by atoms with Crippen molar-refractivity contribution in [3.05, 3.63) is 48.0 Å². The van der Waals surface area contributed by atoms with Crippen LogP contribution in [0, 0.1) is 0 Å². The number of nitrogens with zero attached hydrogens (tertiary/aromatic N) is 3. The summed E-state index contributed by atoms with van der Waals surface area (Å²) < 4.78 is 0. The number of hydrogen-bond acceptors (Lipinski definition) is 4. The molecule has 1 amide bonds. The van der Waals surface area contributed by atoms with Crippen molar-refractivity contribution in [1.29, 1.82) is 0 Å². The summed E-state index contributed by atoms with van der Waals surface area (Å²) in [6, 6.07) is 8.21. The van der Waals surface area contributed by atoms with Gasteiger partial charge in [-0.15, -0.1) is 6.58 Å². The Morgan fingerprint density at radius 2 is 2.11 bits per heavy atom. The summed E-state index contributed by atoms with van der Waals surface area (Å²) in [7, 11) is 3.45. The molecule has 1 fully saturated rings. The predicted molar refractivity (Wildman–Crippen MR) is 108 cm³/mol. The molecule has 148 valence electrons. The first-order valence-electron chi connectivity index (χ1n) is 9.30. The predicted octanol–water partition coefficient (Wildman–Crippen LogP) is 0.563. The first-order chi connectivity index (χ1) is 13.0. The van der Waals surface area contributed by atoms with E-state index >= 15 is 0 Å². The Morgan fingerprint density at radius 1 is 1.37 bits per heavy atom. The molecule has 1 aliphatic rings. The lowest BCUT2D eigenvalue weighted by Gasteiger charge is -2.18. The molecule has 0 aromatic heterocycles. The zero-order valence-corrected chi connectivity index (χ0v) is 16.3.